The fraction of sp³-hybridized carbons (Fsp3) is 0.167. The lowest BCUT2D eigenvalue weighted by Gasteiger charge is -2.12. The second-order valence-corrected chi connectivity index (χ2v) is 6.42. The summed E-state index contributed by atoms with van der Waals surface area (Å²) in [5.41, 5.74) is 2.09. The Bertz CT molecular complexity index is 774. The monoisotopic (exact) mass is 375 g/mol. The maximum absolute atomic E-state index is 12.1. The summed E-state index contributed by atoms with van der Waals surface area (Å²) in [5.74, 6) is -0.283. The van der Waals surface area contributed by atoms with Gasteiger partial charge in [-0.05, 0) is 54.2 Å². The highest BCUT2D eigenvalue weighted by Crippen LogP contribution is 2.12. The number of thiocarbonyl (C=S) groups is 1. The number of likely N-dealkylation sites (N-methyl/N-ethyl adjacent to an activating group) is 1. The molecule has 0 aliphatic carbocycles. The third kappa shape index (κ3) is 5.85. The van der Waals surface area contributed by atoms with Gasteiger partial charge >= 0.3 is 0 Å². The van der Waals surface area contributed by atoms with Crippen molar-refractivity contribution in [2.45, 2.75) is 6.42 Å². The molecule has 130 valence electrons. The van der Waals surface area contributed by atoms with Crippen molar-refractivity contribution in [3.63, 3.8) is 0 Å². The first-order valence-electron chi connectivity index (χ1n) is 7.52. The first kappa shape index (κ1) is 18.9. The van der Waals surface area contributed by atoms with Crippen molar-refractivity contribution in [1.82, 2.24) is 10.2 Å². The topological polar surface area (TPSA) is 61.4 Å². The van der Waals surface area contributed by atoms with Gasteiger partial charge in [0.25, 0.3) is 5.91 Å². The fourth-order valence-corrected chi connectivity index (χ4v) is 2.31. The third-order valence-electron chi connectivity index (χ3n) is 3.40. The second-order valence-electron chi connectivity index (χ2n) is 5.58. The zero-order valence-corrected chi connectivity index (χ0v) is 15.4. The van der Waals surface area contributed by atoms with E-state index in [4.69, 9.17) is 23.8 Å². The molecule has 0 saturated carbocycles. The van der Waals surface area contributed by atoms with E-state index in [-0.39, 0.29) is 16.9 Å². The summed E-state index contributed by atoms with van der Waals surface area (Å²) in [5, 5.41) is 6.29. The van der Waals surface area contributed by atoms with Crippen LogP contribution in [0.25, 0.3) is 0 Å². The maximum Gasteiger partial charge on any atom is 0.257 e. The lowest BCUT2D eigenvalue weighted by atomic mass is 10.1. The van der Waals surface area contributed by atoms with Crippen LogP contribution in [0, 0.1) is 0 Å². The van der Waals surface area contributed by atoms with Gasteiger partial charge in [0.05, 0.1) is 6.42 Å². The van der Waals surface area contributed by atoms with Gasteiger partial charge in [0, 0.05) is 30.4 Å². The number of nitrogens with zero attached hydrogens (tertiary/aromatic N) is 1. The zero-order chi connectivity index (χ0) is 18.4. The SMILES string of the molecule is CN(C)C(=O)Cc1ccc(NC(=S)NC(=O)c2ccc(Cl)cc2)cc1. The number of amides is 2. The number of rotatable bonds is 4. The summed E-state index contributed by atoms with van der Waals surface area (Å²) in [6, 6.07) is 13.8. The summed E-state index contributed by atoms with van der Waals surface area (Å²) in [6.07, 6.45) is 0.338. The van der Waals surface area contributed by atoms with E-state index in [0.717, 1.165) is 11.3 Å². The number of carbonyl (C=O) groups is 2. The molecule has 0 aliphatic rings. The molecule has 0 aromatic heterocycles. The Morgan fingerprint density at radius 3 is 2.20 bits per heavy atom. The Labute approximate surface area is 157 Å². The van der Waals surface area contributed by atoms with Gasteiger partial charge in [-0.15, -0.1) is 0 Å². The van der Waals surface area contributed by atoms with Gasteiger partial charge in [-0.25, -0.2) is 0 Å². The number of hydrogen-bond acceptors (Lipinski definition) is 3. The summed E-state index contributed by atoms with van der Waals surface area (Å²) >= 11 is 10.9. The zero-order valence-electron chi connectivity index (χ0n) is 13.9. The third-order valence-corrected chi connectivity index (χ3v) is 3.86. The van der Waals surface area contributed by atoms with Crippen LogP contribution in [0.1, 0.15) is 15.9 Å². The molecule has 2 rings (SSSR count). The molecule has 0 spiro atoms. The molecule has 0 saturated heterocycles. The predicted molar refractivity (Wildman–Crippen MR) is 104 cm³/mol. The summed E-state index contributed by atoms with van der Waals surface area (Å²) in [6.45, 7) is 0. The normalized spacial score (nSPS) is 10.0. The molecule has 5 nitrogen and oxygen atoms in total. The number of benzene rings is 2. The van der Waals surface area contributed by atoms with Crippen LogP contribution in [0.2, 0.25) is 5.02 Å². The molecule has 0 radical (unpaired) electrons. The lowest BCUT2D eigenvalue weighted by Crippen LogP contribution is -2.34. The fourth-order valence-electron chi connectivity index (χ4n) is 1.98. The van der Waals surface area contributed by atoms with Gasteiger partial charge in [0.2, 0.25) is 5.91 Å². The summed E-state index contributed by atoms with van der Waals surface area (Å²) < 4.78 is 0. The van der Waals surface area contributed by atoms with Crippen molar-refractivity contribution >= 4 is 46.4 Å². The number of anilines is 1. The van der Waals surface area contributed by atoms with Crippen LogP contribution in [0.5, 0.6) is 0 Å². The number of hydrogen-bond donors (Lipinski definition) is 2. The summed E-state index contributed by atoms with van der Waals surface area (Å²) in [7, 11) is 3.44. The van der Waals surface area contributed by atoms with E-state index in [1.165, 1.54) is 0 Å². The first-order chi connectivity index (χ1) is 11.8. The number of nitrogens with one attached hydrogen (secondary N) is 2. The van der Waals surface area contributed by atoms with Crippen LogP contribution in [-0.2, 0) is 11.2 Å². The summed E-state index contributed by atoms with van der Waals surface area (Å²) in [4.78, 5) is 25.3. The van der Waals surface area contributed by atoms with E-state index in [0.29, 0.717) is 17.0 Å². The number of carbonyl (C=O) groups excluding carboxylic acids is 2. The molecule has 0 bridgehead atoms. The molecule has 0 unspecified atom stereocenters. The molecule has 2 aromatic rings. The second kappa shape index (κ2) is 8.60. The molecule has 0 atom stereocenters. The first-order valence-corrected chi connectivity index (χ1v) is 8.31. The Morgan fingerprint density at radius 1 is 1.04 bits per heavy atom. The largest absolute Gasteiger partial charge is 0.349 e. The van der Waals surface area contributed by atoms with E-state index in [2.05, 4.69) is 10.6 Å². The van der Waals surface area contributed by atoms with Crippen LogP contribution >= 0.6 is 23.8 Å². The van der Waals surface area contributed by atoms with Crippen LogP contribution < -0.4 is 10.6 Å². The van der Waals surface area contributed by atoms with Crippen molar-refractivity contribution in [2.24, 2.45) is 0 Å². The van der Waals surface area contributed by atoms with Crippen molar-refractivity contribution in [3.05, 3.63) is 64.7 Å². The molecule has 2 amide bonds. The molecule has 7 heteroatoms. The van der Waals surface area contributed by atoms with Crippen LogP contribution in [0.4, 0.5) is 5.69 Å². The maximum atomic E-state index is 12.1. The quantitative estimate of drug-likeness (QED) is 0.806. The standard InChI is InChI=1S/C18H18ClN3O2S/c1-22(2)16(23)11-12-3-9-15(10-4-12)20-18(25)21-17(24)13-5-7-14(19)8-6-13/h3-10H,11H2,1-2H3,(H2,20,21,24,25). The van der Waals surface area contributed by atoms with Gasteiger partial charge in [0.1, 0.15) is 0 Å². The molecule has 2 aromatic carbocycles. The Kier molecular flexibility index (Phi) is 6.50. The molecule has 0 heterocycles. The van der Waals surface area contributed by atoms with Crippen LogP contribution in [-0.4, -0.2) is 35.9 Å². The average molecular weight is 376 g/mol. The Balaban J connectivity index is 1.91. The predicted octanol–water partition coefficient (Wildman–Crippen LogP) is 3.10. The molecule has 0 fully saturated rings. The van der Waals surface area contributed by atoms with Crippen LogP contribution in [0.15, 0.2) is 48.5 Å². The van der Waals surface area contributed by atoms with Crippen molar-refractivity contribution in [2.75, 3.05) is 19.4 Å². The highest BCUT2D eigenvalue weighted by molar-refractivity contribution is 7.80. The van der Waals surface area contributed by atoms with E-state index in [1.54, 1.807) is 55.4 Å². The Hall–Kier alpha value is -2.44. The highest BCUT2D eigenvalue weighted by Gasteiger charge is 2.09. The minimum atomic E-state index is -0.317. The molecule has 2 N–H and O–H groups in total. The van der Waals surface area contributed by atoms with E-state index in [9.17, 15) is 9.59 Å². The van der Waals surface area contributed by atoms with E-state index >= 15 is 0 Å². The van der Waals surface area contributed by atoms with Gasteiger partial charge in [-0.1, -0.05) is 23.7 Å². The molecular weight excluding hydrogens is 358 g/mol. The van der Waals surface area contributed by atoms with Crippen molar-refractivity contribution < 1.29 is 9.59 Å². The molecule has 0 aliphatic heterocycles. The smallest absolute Gasteiger partial charge is 0.257 e. The molecule has 25 heavy (non-hydrogen) atoms. The van der Waals surface area contributed by atoms with E-state index < -0.39 is 0 Å². The lowest BCUT2D eigenvalue weighted by molar-refractivity contribution is -0.127. The number of halogens is 1. The van der Waals surface area contributed by atoms with Crippen molar-refractivity contribution in [3.8, 4) is 0 Å². The average Bonchev–Trinajstić information content (AvgIpc) is 2.57. The minimum absolute atomic E-state index is 0.0338. The highest BCUT2D eigenvalue weighted by atomic mass is 35.5. The Morgan fingerprint density at radius 2 is 1.64 bits per heavy atom. The van der Waals surface area contributed by atoms with Crippen LogP contribution in [0.3, 0.4) is 0 Å². The van der Waals surface area contributed by atoms with Gasteiger partial charge in [-0.3, -0.25) is 14.9 Å². The van der Waals surface area contributed by atoms with Crippen molar-refractivity contribution in [1.29, 1.82) is 0 Å². The van der Waals surface area contributed by atoms with Gasteiger partial charge in [0.15, 0.2) is 5.11 Å². The van der Waals surface area contributed by atoms with Gasteiger partial charge < -0.3 is 10.2 Å². The minimum Gasteiger partial charge on any atom is -0.349 e. The molecular formula is C18H18ClN3O2S. The van der Waals surface area contributed by atoms with Gasteiger partial charge in [-0.2, -0.15) is 0 Å². The van der Waals surface area contributed by atoms with E-state index in [1.807, 2.05) is 12.1 Å².